The van der Waals surface area contributed by atoms with E-state index >= 15 is 0 Å². The first kappa shape index (κ1) is 9.26. The van der Waals surface area contributed by atoms with Crippen LogP contribution >= 0.6 is 0 Å². The first-order valence-electron chi connectivity index (χ1n) is 4.56. The van der Waals surface area contributed by atoms with Gasteiger partial charge in [-0.1, -0.05) is 6.92 Å². The van der Waals surface area contributed by atoms with Crippen molar-refractivity contribution >= 4 is 0 Å². The summed E-state index contributed by atoms with van der Waals surface area (Å²) >= 11 is 0. The van der Waals surface area contributed by atoms with Gasteiger partial charge in [0.25, 0.3) is 0 Å². The molecule has 0 aromatic carbocycles. The third-order valence-corrected chi connectivity index (χ3v) is 1.98. The molecular weight excluding hydrogens is 150 g/mol. The van der Waals surface area contributed by atoms with Crippen LogP contribution in [0.4, 0.5) is 0 Å². The van der Waals surface area contributed by atoms with Crippen LogP contribution in [-0.4, -0.2) is 16.1 Å². The summed E-state index contributed by atoms with van der Waals surface area (Å²) in [5.41, 5.74) is 6.65. The van der Waals surface area contributed by atoms with E-state index in [1.807, 2.05) is 0 Å². The molecule has 0 unspecified atom stereocenters. The normalized spacial score (nSPS) is 10.6. The van der Waals surface area contributed by atoms with Gasteiger partial charge in [0.05, 0.1) is 5.69 Å². The van der Waals surface area contributed by atoms with Gasteiger partial charge in [0.15, 0.2) is 0 Å². The Morgan fingerprint density at radius 2 is 2.25 bits per heavy atom. The fourth-order valence-corrected chi connectivity index (χ4v) is 1.29. The van der Waals surface area contributed by atoms with Gasteiger partial charge in [-0.25, -0.2) is 4.98 Å². The number of imidazole rings is 1. The summed E-state index contributed by atoms with van der Waals surface area (Å²) in [6.07, 6.45) is 4.00. The Labute approximate surface area is 73.6 Å². The van der Waals surface area contributed by atoms with E-state index in [4.69, 9.17) is 5.73 Å². The van der Waals surface area contributed by atoms with Gasteiger partial charge in [-0.15, -0.1) is 0 Å². The molecule has 1 heterocycles. The second-order valence-corrected chi connectivity index (χ2v) is 2.83. The van der Waals surface area contributed by atoms with Crippen molar-refractivity contribution in [2.24, 2.45) is 5.73 Å². The third-order valence-electron chi connectivity index (χ3n) is 1.98. The second-order valence-electron chi connectivity index (χ2n) is 2.83. The minimum Gasteiger partial charge on any atom is -0.335 e. The van der Waals surface area contributed by atoms with Crippen molar-refractivity contribution < 1.29 is 0 Å². The number of hydrogen-bond acceptors (Lipinski definition) is 2. The largest absolute Gasteiger partial charge is 0.335 e. The summed E-state index contributed by atoms with van der Waals surface area (Å²) in [6.45, 7) is 5.91. The Bertz CT molecular complexity index is 240. The molecule has 3 heteroatoms. The Morgan fingerprint density at radius 1 is 1.50 bits per heavy atom. The zero-order valence-corrected chi connectivity index (χ0v) is 7.88. The summed E-state index contributed by atoms with van der Waals surface area (Å²) in [6, 6.07) is 0. The fraction of sp³-hybridized carbons (Fsp3) is 0.667. The number of hydrogen-bond donors (Lipinski definition) is 1. The average Bonchev–Trinajstić information content (AvgIpc) is 2.48. The average molecular weight is 167 g/mol. The van der Waals surface area contributed by atoms with Crippen molar-refractivity contribution in [3.05, 3.63) is 17.7 Å². The van der Waals surface area contributed by atoms with Crippen molar-refractivity contribution in [3.8, 4) is 0 Å². The van der Waals surface area contributed by atoms with Gasteiger partial charge in [0.2, 0.25) is 0 Å². The molecule has 1 aromatic heterocycles. The first-order chi connectivity index (χ1) is 5.81. The molecule has 0 aliphatic rings. The Hall–Kier alpha value is -0.830. The number of aromatic nitrogens is 2. The molecule has 2 N–H and O–H groups in total. The molecule has 0 spiro atoms. The molecule has 0 bridgehead atoms. The van der Waals surface area contributed by atoms with Crippen LogP contribution in [0.25, 0.3) is 0 Å². The first-order valence-corrected chi connectivity index (χ1v) is 4.56. The molecule has 1 rings (SSSR count). The highest BCUT2D eigenvalue weighted by Gasteiger charge is 2.03. The number of nitrogens with zero attached hydrogens (tertiary/aromatic N) is 2. The monoisotopic (exact) mass is 167 g/mol. The fourth-order valence-electron chi connectivity index (χ4n) is 1.29. The molecule has 0 saturated heterocycles. The van der Waals surface area contributed by atoms with Crippen LogP contribution in [0.15, 0.2) is 6.20 Å². The zero-order valence-electron chi connectivity index (χ0n) is 7.88. The van der Waals surface area contributed by atoms with E-state index in [2.05, 4.69) is 29.6 Å². The standard InChI is InChI=1S/C9H17N3/c1-3-8-7-12(4-2)9(11-8)5-6-10/h7H,3-6,10H2,1-2H3. The van der Waals surface area contributed by atoms with E-state index in [0.29, 0.717) is 6.54 Å². The van der Waals surface area contributed by atoms with Crippen LogP contribution in [0.3, 0.4) is 0 Å². The van der Waals surface area contributed by atoms with Gasteiger partial charge in [-0.05, 0) is 19.9 Å². The molecule has 0 aliphatic carbocycles. The summed E-state index contributed by atoms with van der Waals surface area (Å²) < 4.78 is 2.17. The number of nitrogens with two attached hydrogens (primary N) is 1. The molecule has 0 fully saturated rings. The van der Waals surface area contributed by atoms with E-state index in [-0.39, 0.29) is 0 Å². The van der Waals surface area contributed by atoms with Crippen LogP contribution in [0.5, 0.6) is 0 Å². The molecular formula is C9H17N3. The predicted molar refractivity (Wildman–Crippen MR) is 50.0 cm³/mol. The van der Waals surface area contributed by atoms with E-state index in [1.54, 1.807) is 0 Å². The number of aryl methyl sites for hydroxylation is 2. The van der Waals surface area contributed by atoms with Gasteiger partial charge in [-0.3, -0.25) is 0 Å². The zero-order chi connectivity index (χ0) is 8.97. The Kier molecular flexibility index (Phi) is 3.29. The van der Waals surface area contributed by atoms with E-state index in [0.717, 1.165) is 25.2 Å². The van der Waals surface area contributed by atoms with Crippen LogP contribution in [0, 0.1) is 0 Å². The topological polar surface area (TPSA) is 43.8 Å². The minimum absolute atomic E-state index is 0.681. The minimum atomic E-state index is 0.681. The van der Waals surface area contributed by atoms with Crippen LogP contribution in [0.2, 0.25) is 0 Å². The summed E-state index contributed by atoms with van der Waals surface area (Å²) in [5.74, 6) is 1.12. The molecule has 1 aromatic rings. The van der Waals surface area contributed by atoms with Gasteiger partial charge >= 0.3 is 0 Å². The molecule has 0 aliphatic heterocycles. The van der Waals surface area contributed by atoms with E-state index in [9.17, 15) is 0 Å². The van der Waals surface area contributed by atoms with Crippen molar-refractivity contribution in [1.82, 2.24) is 9.55 Å². The van der Waals surface area contributed by atoms with Crippen molar-refractivity contribution in [2.75, 3.05) is 6.54 Å². The van der Waals surface area contributed by atoms with Crippen molar-refractivity contribution in [3.63, 3.8) is 0 Å². The van der Waals surface area contributed by atoms with Crippen LogP contribution in [-0.2, 0) is 19.4 Å². The molecule has 0 radical (unpaired) electrons. The van der Waals surface area contributed by atoms with Gasteiger partial charge in [0, 0.05) is 19.2 Å². The van der Waals surface area contributed by atoms with Crippen LogP contribution in [0.1, 0.15) is 25.4 Å². The van der Waals surface area contributed by atoms with E-state index in [1.165, 1.54) is 5.69 Å². The quantitative estimate of drug-likeness (QED) is 0.726. The maximum atomic E-state index is 5.48. The Morgan fingerprint density at radius 3 is 2.75 bits per heavy atom. The summed E-state index contributed by atoms with van der Waals surface area (Å²) in [7, 11) is 0. The number of rotatable bonds is 4. The SMILES string of the molecule is CCc1cn(CC)c(CCN)n1. The highest BCUT2D eigenvalue weighted by Crippen LogP contribution is 2.04. The molecule has 0 saturated carbocycles. The van der Waals surface area contributed by atoms with Gasteiger partial charge in [-0.2, -0.15) is 0 Å². The lowest BCUT2D eigenvalue weighted by atomic mass is 10.4. The summed E-state index contributed by atoms with van der Waals surface area (Å²) in [5, 5.41) is 0. The lowest BCUT2D eigenvalue weighted by Crippen LogP contribution is -2.08. The van der Waals surface area contributed by atoms with E-state index < -0.39 is 0 Å². The van der Waals surface area contributed by atoms with Gasteiger partial charge in [0.1, 0.15) is 5.82 Å². The molecule has 0 atom stereocenters. The molecule has 0 amide bonds. The van der Waals surface area contributed by atoms with Crippen LogP contribution < -0.4 is 5.73 Å². The Balaban J connectivity index is 2.84. The van der Waals surface area contributed by atoms with Gasteiger partial charge < -0.3 is 10.3 Å². The maximum Gasteiger partial charge on any atom is 0.110 e. The third kappa shape index (κ3) is 1.85. The molecule has 68 valence electrons. The predicted octanol–water partition coefficient (Wildman–Crippen LogP) is 0.967. The second kappa shape index (κ2) is 4.26. The molecule has 3 nitrogen and oxygen atoms in total. The summed E-state index contributed by atoms with van der Waals surface area (Å²) in [4.78, 5) is 4.47. The highest BCUT2D eigenvalue weighted by atomic mass is 15.1. The highest BCUT2D eigenvalue weighted by molar-refractivity contribution is 5.04. The lowest BCUT2D eigenvalue weighted by molar-refractivity contribution is 0.693. The van der Waals surface area contributed by atoms with Crippen molar-refractivity contribution in [1.29, 1.82) is 0 Å². The van der Waals surface area contributed by atoms with Crippen molar-refractivity contribution in [2.45, 2.75) is 33.2 Å². The maximum absolute atomic E-state index is 5.48. The smallest absolute Gasteiger partial charge is 0.110 e. The molecule has 12 heavy (non-hydrogen) atoms. The lowest BCUT2D eigenvalue weighted by Gasteiger charge is -2.00.